The molecule has 2 nitrogen and oxygen atoms in total. The van der Waals surface area contributed by atoms with Crippen LogP contribution < -0.4 is 11.1 Å². The molecular weight excluding hydrogens is 212 g/mol. The lowest BCUT2D eigenvalue weighted by Gasteiger charge is -2.27. The van der Waals surface area contributed by atoms with Gasteiger partial charge in [0.1, 0.15) is 0 Å². The first kappa shape index (κ1) is 10.5. The van der Waals surface area contributed by atoms with Crippen LogP contribution in [-0.4, -0.2) is 18.3 Å². The molecule has 0 bridgehead atoms. The van der Waals surface area contributed by atoms with E-state index >= 15 is 0 Å². The molecule has 1 aliphatic heterocycles. The average Bonchev–Trinajstić information content (AvgIpc) is 2.61. The molecule has 2 heterocycles. The van der Waals surface area contributed by atoms with Gasteiger partial charge in [-0.3, -0.25) is 0 Å². The van der Waals surface area contributed by atoms with Crippen molar-refractivity contribution in [2.75, 3.05) is 13.1 Å². The van der Waals surface area contributed by atoms with Crippen molar-refractivity contribution in [1.82, 2.24) is 5.32 Å². The van der Waals surface area contributed by atoms with Gasteiger partial charge in [-0.25, -0.2) is 0 Å². The van der Waals surface area contributed by atoms with Crippen molar-refractivity contribution < 1.29 is 0 Å². The SMILES string of the molecule is C[C@H]1CC(NCCN)c2ccsc2S1. The van der Waals surface area contributed by atoms with E-state index in [2.05, 4.69) is 23.7 Å². The highest BCUT2D eigenvalue weighted by Gasteiger charge is 2.25. The first-order valence-electron chi connectivity index (χ1n) is 4.98. The van der Waals surface area contributed by atoms with Gasteiger partial charge in [0.25, 0.3) is 0 Å². The van der Waals surface area contributed by atoms with Crippen LogP contribution in [0.15, 0.2) is 15.7 Å². The zero-order valence-corrected chi connectivity index (χ0v) is 9.96. The van der Waals surface area contributed by atoms with E-state index in [1.54, 1.807) is 0 Å². The zero-order chi connectivity index (χ0) is 9.97. The van der Waals surface area contributed by atoms with Crippen LogP contribution in [-0.2, 0) is 0 Å². The third-order valence-corrected chi connectivity index (χ3v) is 4.79. The molecule has 0 radical (unpaired) electrons. The highest BCUT2D eigenvalue weighted by atomic mass is 32.2. The minimum Gasteiger partial charge on any atom is -0.329 e. The molecule has 0 amide bonds. The summed E-state index contributed by atoms with van der Waals surface area (Å²) < 4.78 is 1.48. The largest absolute Gasteiger partial charge is 0.329 e. The van der Waals surface area contributed by atoms with Gasteiger partial charge in [-0.05, 0) is 23.4 Å². The van der Waals surface area contributed by atoms with Crippen LogP contribution >= 0.6 is 23.1 Å². The van der Waals surface area contributed by atoms with E-state index in [1.807, 2.05) is 23.1 Å². The summed E-state index contributed by atoms with van der Waals surface area (Å²) in [5.41, 5.74) is 6.99. The topological polar surface area (TPSA) is 38.0 Å². The lowest BCUT2D eigenvalue weighted by molar-refractivity contribution is 0.495. The molecule has 4 heteroatoms. The first-order chi connectivity index (χ1) is 6.81. The van der Waals surface area contributed by atoms with Crippen molar-refractivity contribution in [3.63, 3.8) is 0 Å². The fourth-order valence-corrected chi connectivity index (χ4v) is 4.37. The van der Waals surface area contributed by atoms with Crippen molar-refractivity contribution in [2.24, 2.45) is 5.73 Å². The van der Waals surface area contributed by atoms with E-state index in [4.69, 9.17) is 5.73 Å². The van der Waals surface area contributed by atoms with Crippen LogP contribution in [0.25, 0.3) is 0 Å². The van der Waals surface area contributed by atoms with E-state index in [0.29, 0.717) is 6.04 Å². The van der Waals surface area contributed by atoms with Gasteiger partial charge in [-0.2, -0.15) is 0 Å². The molecule has 1 unspecified atom stereocenters. The average molecular weight is 228 g/mol. The Hall–Kier alpha value is -0.0300. The molecule has 0 aromatic carbocycles. The smallest absolute Gasteiger partial charge is 0.0649 e. The molecule has 3 N–H and O–H groups in total. The maximum atomic E-state index is 5.51. The third-order valence-electron chi connectivity index (χ3n) is 2.44. The van der Waals surface area contributed by atoms with Gasteiger partial charge in [0.15, 0.2) is 0 Å². The Bertz CT molecular complexity index is 298. The Morgan fingerprint density at radius 1 is 1.64 bits per heavy atom. The normalized spacial score (nSPS) is 26.1. The molecule has 1 aromatic heterocycles. The monoisotopic (exact) mass is 228 g/mol. The second-order valence-corrected chi connectivity index (χ2v) is 6.25. The number of nitrogens with two attached hydrogens (primary N) is 1. The Kier molecular flexibility index (Phi) is 3.49. The van der Waals surface area contributed by atoms with Crippen LogP contribution in [0, 0.1) is 0 Å². The van der Waals surface area contributed by atoms with Gasteiger partial charge >= 0.3 is 0 Å². The van der Waals surface area contributed by atoms with Crippen LogP contribution in [0.2, 0.25) is 0 Å². The summed E-state index contributed by atoms with van der Waals surface area (Å²) in [6.07, 6.45) is 1.22. The first-order valence-corrected chi connectivity index (χ1v) is 6.74. The van der Waals surface area contributed by atoms with Crippen LogP contribution in [0.3, 0.4) is 0 Å². The van der Waals surface area contributed by atoms with Gasteiger partial charge < -0.3 is 11.1 Å². The highest BCUT2D eigenvalue weighted by molar-refractivity contribution is 8.01. The van der Waals surface area contributed by atoms with Crippen molar-refractivity contribution in [3.8, 4) is 0 Å². The number of rotatable bonds is 3. The van der Waals surface area contributed by atoms with Crippen molar-refractivity contribution in [3.05, 3.63) is 17.0 Å². The lowest BCUT2D eigenvalue weighted by Crippen LogP contribution is -2.30. The second-order valence-electron chi connectivity index (χ2n) is 3.62. The second kappa shape index (κ2) is 4.66. The zero-order valence-electron chi connectivity index (χ0n) is 8.32. The predicted octanol–water partition coefficient (Wildman–Crippen LogP) is 2.22. The summed E-state index contributed by atoms with van der Waals surface area (Å²) >= 11 is 3.86. The maximum Gasteiger partial charge on any atom is 0.0649 e. The molecule has 0 aliphatic carbocycles. The van der Waals surface area contributed by atoms with Crippen LogP contribution in [0.1, 0.15) is 24.9 Å². The molecule has 78 valence electrons. The van der Waals surface area contributed by atoms with Gasteiger partial charge in [0.05, 0.1) is 4.21 Å². The van der Waals surface area contributed by atoms with Crippen molar-refractivity contribution in [2.45, 2.75) is 28.8 Å². The molecule has 0 spiro atoms. The number of hydrogen-bond donors (Lipinski definition) is 2. The molecule has 0 fully saturated rings. The Morgan fingerprint density at radius 3 is 3.29 bits per heavy atom. The van der Waals surface area contributed by atoms with E-state index in [1.165, 1.54) is 16.2 Å². The van der Waals surface area contributed by atoms with Crippen molar-refractivity contribution in [1.29, 1.82) is 0 Å². The number of nitrogens with one attached hydrogen (secondary N) is 1. The Morgan fingerprint density at radius 2 is 2.50 bits per heavy atom. The van der Waals surface area contributed by atoms with Gasteiger partial charge in [0.2, 0.25) is 0 Å². The molecule has 14 heavy (non-hydrogen) atoms. The fourth-order valence-electron chi connectivity index (χ4n) is 1.80. The summed E-state index contributed by atoms with van der Waals surface area (Å²) in [5.74, 6) is 0. The summed E-state index contributed by atoms with van der Waals surface area (Å²) in [7, 11) is 0. The van der Waals surface area contributed by atoms with E-state index < -0.39 is 0 Å². The third kappa shape index (κ3) is 2.14. The fraction of sp³-hybridized carbons (Fsp3) is 0.600. The lowest BCUT2D eigenvalue weighted by atomic mass is 10.1. The summed E-state index contributed by atoms with van der Waals surface area (Å²) in [6, 6.07) is 2.77. The molecule has 0 saturated carbocycles. The van der Waals surface area contributed by atoms with E-state index in [-0.39, 0.29) is 0 Å². The number of hydrogen-bond acceptors (Lipinski definition) is 4. The van der Waals surface area contributed by atoms with E-state index in [0.717, 1.165) is 18.3 Å². The quantitative estimate of drug-likeness (QED) is 0.833. The van der Waals surface area contributed by atoms with Gasteiger partial charge in [-0.15, -0.1) is 23.1 Å². The number of thioether (sulfide) groups is 1. The number of fused-ring (bicyclic) bond motifs is 1. The molecule has 0 saturated heterocycles. The van der Waals surface area contributed by atoms with E-state index in [9.17, 15) is 0 Å². The summed E-state index contributed by atoms with van der Waals surface area (Å²) in [6.45, 7) is 3.93. The molecule has 1 aromatic rings. The number of thiophene rings is 1. The van der Waals surface area contributed by atoms with Crippen LogP contribution in [0.4, 0.5) is 0 Å². The van der Waals surface area contributed by atoms with Gasteiger partial charge in [-0.1, -0.05) is 6.92 Å². The summed E-state index contributed by atoms with van der Waals surface area (Å²) in [4.78, 5) is 0. The molecule has 1 aliphatic rings. The molecule has 2 atom stereocenters. The minimum absolute atomic E-state index is 0.524. The standard InChI is InChI=1S/C10H16N2S2/c1-7-6-9(12-4-3-11)8-2-5-13-10(8)14-7/h2,5,7,9,12H,3-4,6,11H2,1H3/t7-,9?/m0/s1. The Labute approximate surface area is 93.3 Å². The molecular formula is C10H16N2S2. The predicted molar refractivity (Wildman–Crippen MR) is 64.1 cm³/mol. The highest BCUT2D eigenvalue weighted by Crippen LogP contribution is 2.43. The minimum atomic E-state index is 0.524. The van der Waals surface area contributed by atoms with Gasteiger partial charge in [0, 0.05) is 24.4 Å². The van der Waals surface area contributed by atoms with Crippen molar-refractivity contribution >= 4 is 23.1 Å². The maximum absolute atomic E-state index is 5.51. The molecule has 2 rings (SSSR count). The Balaban J connectivity index is 2.11. The van der Waals surface area contributed by atoms with Crippen LogP contribution in [0.5, 0.6) is 0 Å². The summed E-state index contributed by atoms with van der Waals surface area (Å²) in [5, 5.41) is 6.42.